The number of para-hydroxylation sites is 1. The molecule has 1 aliphatic rings. The van der Waals surface area contributed by atoms with E-state index >= 15 is 0 Å². The van der Waals surface area contributed by atoms with Crippen LogP contribution in [0.3, 0.4) is 0 Å². The monoisotopic (exact) mass is 284 g/mol. The molecular formula is C17H20N2O2. The van der Waals surface area contributed by atoms with Gasteiger partial charge in [0.1, 0.15) is 5.82 Å². The Hall–Kier alpha value is -1.94. The minimum absolute atomic E-state index is 0.624. The van der Waals surface area contributed by atoms with E-state index in [0.717, 1.165) is 42.1 Å². The largest absolute Gasteiger partial charge is 0.379 e. The molecule has 0 radical (unpaired) electrons. The zero-order chi connectivity index (χ0) is 14.7. The van der Waals surface area contributed by atoms with Crippen molar-refractivity contribution in [3.05, 3.63) is 35.9 Å². The third kappa shape index (κ3) is 3.39. The molecule has 1 saturated carbocycles. The fourth-order valence-electron chi connectivity index (χ4n) is 2.36. The summed E-state index contributed by atoms with van der Waals surface area (Å²) < 4.78 is 5.65. The van der Waals surface area contributed by atoms with E-state index < -0.39 is 0 Å². The number of benzene rings is 1. The molecule has 0 spiro atoms. The van der Waals surface area contributed by atoms with Crippen molar-refractivity contribution in [1.82, 2.24) is 4.98 Å². The number of nitrogens with zero attached hydrogens (tertiary/aromatic N) is 2. The van der Waals surface area contributed by atoms with Gasteiger partial charge in [0.15, 0.2) is 6.29 Å². The Labute approximate surface area is 124 Å². The van der Waals surface area contributed by atoms with Crippen LogP contribution in [0.1, 0.15) is 23.2 Å². The lowest BCUT2D eigenvalue weighted by Crippen LogP contribution is -2.25. The quantitative estimate of drug-likeness (QED) is 0.579. The second kappa shape index (κ2) is 6.22. The van der Waals surface area contributed by atoms with Crippen LogP contribution in [0, 0.1) is 5.92 Å². The van der Waals surface area contributed by atoms with E-state index in [1.165, 1.54) is 12.8 Å². The molecular weight excluding hydrogens is 264 g/mol. The van der Waals surface area contributed by atoms with E-state index in [4.69, 9.17) is 4.74 Å². The maximum atomic E-state index is 11.3. The van der Waals surface area contributed by atoms with Crippen molar-refractivity contribution in [3.63, 3.8) is 0 Å². The summed E-state index contributed by atoms with van der Waals surface area (Å²) in [5, 5.41) is 0.988. The van der Waals surface area contributed by atoms with Gasteiger partial charge >= 0.3 is 0 Å². The van der Waals surface area contributed by atoms with Crippen LogP contribution >= 0.6 is 0 Å². The molecule has 2 aromatic rings. The number of anilines is 1. The van der Waals surface area contributed by atoms with Gasteiger partial charge in [-0.3, -0.25) is 4.79 Å². The van der Waals surface area contributed by atoms with Crippen LogP contribution in [-0.2, 0) is 4.74 Å². The average Bonchev–Trinajstić information content (AvgIpc) is 3.34. The maximum Gasteiger partial charge on any atom is 0.153 e. The summed E-state index contributed by atoms with van der Waals surface area (Å²) in [6.45, 7) is 2.26. The molecule has 4 heteroatoms. The van der Waals surface area contributed by atoms with Gasteiger partial charge < -0.3 is 9.64 Å². The zero-order valence-electron chi connectivity index (χ0n) is 12.3. The van der Waals surface area contributed by atoms with Gasteiger partial charge in [0, 0.05) is 25.6 Å². The first-order valence-electron chi connectivity index (χ1n) is 7.42. The number of carbonyl (C=O) groups is 1. The van der Waals surface area contributed by atoms with Crippen molar-refractivity contribution in [2.75, 3.05) is 31.7 Å². The Morgan fingerprint density at radius 3 is 2.95 bits per heavy atom. The number of pyridine rings is 1. The van der Waals surface area contributed by atoms with Crippen LogP contribution in [0.4, 0.5) is 5.82 Å². The van der Waals surface area contributed by atoms with E-state index in [1.54, 1.807) is 0 Å². The Kier molecular flexibility index (Phi) is 4.15. The van der Waals surface area contributed by atoms with Crippen molar-refractivity contribution < 1.29 is 9.53 Å². The van der Waals surface area contributed by atoms with Gasteiger partial charge in [-0.05, 0) is 30.9 Å². The highest BCUT2D eigenvalue weighted by Crippen LogP contribution is 2.28. The molecule has 0 atom stereocenters. The molecule has 3 rings (SSSR count). The van der Waals surface area contributed by atoms with Crippen molar-refractivity contribution in [1.29, 1.82) is 0 Å². The summed E-state index contributed by atoms with van der Waals surface area (Å²) in [4.78, 5) is 17.9. The van der Waals surface area contributed by atoms with Gasteiger partial charge in [0.25, 0.3) is 0 Å². The predicted octanol–water partition coefficient (Wildman–Crippen LogP) is 2.91. The van der Waals surface area contributed by atoms with Gasteiger partial charge in [0.2, 0.25) is 0 Å². The van der Waals surface area contributed by atoms with Gasteiger partial charge in [-0.25, -0.2) is 4.98 Å². The standard InChI is InChI=1S/C17H20N2O2/c1-19(8-9-21-12-13-6-7-13)17-15(11-20)10-14-4-2-3-5-16(14)18-17/h2-5,10-11,13H,6-9,12H2,1H3. The molecule has 21 heavy (non-hydrogen) atoms. The van der Waals surface area contributed by atoms with Crippen molar-refractivity contribution in [2.45, 2.75) is 12.8 Å². The summed E-state index contributed by atoms with van der Waals surface area (Å²) in [6.07, 6.45) is 3.48. The Morgan fingerprint density at radius 2 is 2.19 bits per heavy atom. The molecule has 1 aliphatic carbocycles. The molecule has 0 saturated heterocycles. The van der Waals surface area contributed by atoms with Crippen LogP contribution in [0.15, 0.2) is 30.3 Å². The summed E-state index contributed by atoms with van der Waals surface area (Å²) in [5.74, 6) is 1.50. The first kappa shape index (κ1) is 14.0. The fourth-order valence-corrected chi connectivity index (χ4v) is 2.36. The molecule has 0 N–H and O–H groups in total. The van der Waals surface area contributed by atoms with Gasteiger partial charge in [0.05, 0.1) is 17.7 Å². The Morgan fingerprint density at radius 1 is 1.38 bits per heavy atom. The number of hydrogen-bond donors (Lipinski definition) is 0. The number of hydrogen-bond acceptors (Lipinski definition) is 4. The van der Waals surface area contributed by atoms with E-state index in [1.807, 2.05) is 42.3 Å². The number of likely N-dealkylation sites (N-methyl/N-ethyl adjacent to an activating group) is 1. The predicted molar refractivity (Wildman–Crippen MR) is 83.9 cm³/mol. The number of aromatic nitrogens is 1. The minimum Gasteiger partial charge on any atom is -0.379 e. The van der Waals surface area contributed by atoms with Gasteiger partial charge in [-0.15, -0.1) is 0 Å². The van der Waals surface area contributed by atoms with Crippen LogP contribution in [0.2, 0.25) is 0 Å². The second-order valence-electron chi connectivity index (χ2n) is 5.65. The highest BCUT2D eigenvalue weighted by Gasteiger charge is 2.21. The molecule has 0 aliphatic heterocycles. The maximum absolute atomic E-state index is 11.3. The number of aldehydes is 1. The molecule has 110 valence electrons. The molecule has 0 unspecified atom stereocenters. The lowest BCUT2D eigenvalue weighted by Gasteiger charge is -2.20. The lowest BCUT2D eigenvalue weighted by atomic mass is 10.1. The smallest absolute Gasteiger partial charge is 0.153 e. The molecule has 0 amide bonds. The van der Waals surface area contributed by atoms with E-state index in [-0.39, 0.29) is 0 Å². The minimum atomic E-state index is 0.624. The normalized spacial score (nSPS) is 14.3. The fraction of sp³-hybridized carbons (Fsp3) is 0.412. The van der Waals surface area contributed by atoms with Crippen LogP contribution < -0.4 is 4.90 Å². The summed E-state index contributed by atoms with van der Waals surface area (Å²) >= 11 is 0. The number of ether oxygens (including phenoxy) is 1. The average molecular weight is 284 g/mol. The summed E-state index contributed by atoms with van der Waals surface area (Å²) in [7, 11) is 1.95. The third-order valence-electron chi connectivity index (χ3n) is 3.84. The molecule has 0 bridgehead atoms. The molecule has 1 fully saturated rings. The Bertz CT molecular complexity index is 638. The summed E-state index contributed by atoms with van der Waals surface area (Å²) in [5.41, 5.74) is 1.53. The van der Waals surface area contributed by atoms with Crippen molar-refractivity contribution >= 4 is 23.0 Å². The highest BCUT2D eigenvalue weighted by atomic mass is 16.5. The first-order chi connectivity index (χ1) is 10.3. The first-order valence-corrected chi connectivity index (χ1v) is 7.42. The molecule has 1 aromatic carbocycles. The number of carbonyl (C=O) groups excluding carboxylic acids is 1. The Balaban J connectivity index is 1.72. The van der Waals surface area contributed by atoms with Crippen LogP contribution in [0.25, 0.3) is 10.9 Å². The van der Waals surface area contributed by atoms with E-state index in [2.05, 4.69) is 4.98 Å². The number of fused-ring (bicyclic) bond motifs is 1. The molecule has 1 heterocycles. The molecule has 1 aromatic heterocycles. The SMILES string of the molecule is CN(CCOCC1CC1)c1nc2ccccc2cc1C=O. The van der Waals surface area contributed by atoms with Crippen LogP contribution in [-0.4, -0.2) is 38.1 Å². The van der Waals surface area contributed by atoms with Gasteiger partial charge in [-0.1, -0.05) is 18.2 Å². The number of rotatable bonds is 7. The van der Waals surface area contributed by atoms with Gasteiger partial charge in [-0.2, -0.15) is 0 Å². The van der Waals surface area contributed by atoms with E-state index in [9.17, 15) is 4.79 Å². The van der Waals surface area contributed by atoms with Crippen molar-refractivity contribution in [2.24, 2.45) is 5.92 Å². The highest BCUT2D eigenvalue weighted by molar-refractivity contribution is 5.91. The zero-order valence-corrected chi connectivity index (χ0v) is 12.3. The topological polar surface area (TPSA) is 42.4 Å². The lowest BCUT2D eigenvalue weighted by molar-refractivity contribution is 0.112. The van der Waals surface area contributed by atoms with Crippen LogP contribution in [0.5, 0.6) is 0 Å². The summed E-state index contributed by atoms with van der Waals surface area (Å²) in [6, 6.07) is 9.74. The van der Waals surface area contributed by atoms with E-state index in [0.29, 0.717) is 12.2 Å². The van der Waals surface area contributed by atoms with Crippen molar-refractivity contribution in [3.8, 4) is 0 Å². The third-order valence-corrected chi connectivity index (χ3v) is 3.84. The second-order valence-corrected chi connectivity index (χ2v) is 5.65. The molecule has 4 nitrogen and oxygen atoms in total.